The molecule has 140 valence electrons. The molecule has 2 aromatic rings. The quantitative estimate of drug-likeness (QED) is 0.786. The van der Waals surface area contributed by atoms with E-state index in [4.69, 9.17) is 16.3 Å². The largest absolute Gasteiger partial charge is 0.475 e. The van der Waals surface area contributed by atoms with Gasteiger partial charge in [-0.2, -0.15) is 4.72 Å². The van der Waals surface area contributed by atoms with Crippen molar-refractivity contribution in [2.75, 3.05) is 13.1 Å². The SMILES string of the molecule is CC(C)Oc1ccc(S(=O)(=O)NC2(c3ccc(Cl)cc3)CCNC2)cn1. The molecule has 1 atom stereocenters. The van der Waals surface area contributed by atoms with E-state index in [9.17, 15) is 8.42 Å². The first-order chi connectivity index (χ1) is 12.3. The second kappa shape index (κ2) is 7.52. The number of halogens is 1. The van der Waals surface area contributed by atoms with Gasteiger partial charge in [-0.15, -0.1) is 0 Å². The number of pyridine rings is 1. The van der Waals surface area contributed by atoms with E-state index in [1.165, 1.54) is 12.3 Å². The van der Waals surface area contributed by atoms with Crippen LogP contribution in [-0.2, 0) is 15.6 Å². The van der Waals surface area contributed by atoms with Crippen LogP contribution in [0.25, 0.3) is 0 Å². The van der Waals surface area contributed by atoms with E-state index in [1.54, 1.807) is 18.2 Å². The van der Waals surface area contributed by atoms with Crippen LogP contribution < -0.4 is 14.8 Å². The van der Waals surface area contributed by atoms with Gasteiger partial charge in [0.1, 0.15) is 4.90 Å². The summed E-state index contributed by atoms with van der Waals surface area (Å²) in [5, 5.41) is 3.85. The molecule has 3 rings (SSSR count). The Balaban J connectivity index is 1.87. The second-order valence-corrected chi connectivity index (χ2v) is 8.74. The fourth-order valence-electron chi connectivity index (χ4n) is 3.01. The van der Waals surface area contributed by atoms with Crippen LogP contribution in [0, 0.1) is 0 Å². The van der Waals surface area contributed by atoms with Crippen molar-refractivity contribution in [1.29, 1.82) is 0 Å². The smallest absolute Gasteiger partial charge is 0.242 e. The van der Waals surface area contributed by atoms with Gasteiger partial charge in [0.15, 0.2) is 0 Å². The maximum Gasteiger partial charge on any atom is 0.242 e. The van der Waals surface area contributed by atoms with E-state index in [1.807, 2.05) is 26.0 Å². The molecular weight excluding hydrogens is 374 g/mol. The lowest BCUT2D eigenvalue weighted by atomic mass is 9.90. The number of nitrogens with one attached hydrogen (secondary N) is 2. The Kier molecular flexibility index (Phi) is 5.53. The summed E-state index contributed by atoms with van der Waals surface area (Å²) in [6.07, 6.45) is 1.94. The number of nitrogens with zero attached hydrogens (tertiary/aromatic N) is 1. The zero-order valence-electron chi connectivity index (χ0n) is 14.7. The maximum atomic E-state index is 12.9. The Hall–Kier alpha value is -1.67. The molecule has 0 amide bonds. The van der Waals surface area contributed by atoms with E-state index >= 15 is 0 Å². The van der Waals surface area contributed by atoms with Gasteiger partial charge in [0.05, 0.1) is 17.8 Å². The van der Waals surface area contributed by atoms with Crippen LogP contribution in [0.1, 0.15) is 25.8 Å². The number of aromatic nitrogens is 1. The number of ether oxygens (including phenoxy) is 1. The summed E-state index contributed by atoms with van der Waals surface area (Å²) in [5.41, 5.74) is 0.166. The Labute approximate surface area is 159 Å². The van der Waals surface area contributed by atoms with E-state index in [0.29, 0.717) is 23.9 Å². The van der Waals surface area contributed by atoms with Crippen LogP contribution in [0.15, 0.2) is 47.5 Å². The molecule has 0 aliphatic carbocycles. The third kappa shape index (κ3) is 4.17. The fraction of sp³-hybridized carbons (Fsp3) is 0.389. The number of rotatable bonds is 6. The van der Waals surface area contributed by atoms with Crippen LogP contribution in [0.2, 0.25) is 5.02 Å². The van der Waals surface area contributed by atoms with Gasteiger partial charge in [-0.1, -0.05) is 23.7 Å². The second-order valence-electron chi connectivity index (χ2n) is 6.62. The minimum Gasteiger partial charge on any atom is -0.475 e. The predicted octanol–water partition coefficient (Wildman–Crippen LogP) is 2.69. The lowest BCUT2D eigenvalue weighted by molar-refractivity contribution is 0.232. The van der Waals surface area contributed by atoms with Crippen molar-refractivity contribution in [2.45, 2.75) is 36.8 Å². The highest BCUT2D eigenvalue weighted by atomic mass is 35.5. The standard InChI is InChI=1S/C18H22ClN3O3S/c1-13(2)25-17-8-7-16(11-21-17)26(23,24)22-18(9-10-20-12-18)14-3-5-15(19)6-4-14/h3-8,11,13,20,22H,9-10,12H2,1-2H3. The van der Waals surface area contributed by atoms with Gasteiger partial charge in [0.2, 0.25) is 15.9 Å². The lowest BCUT2D eigenvalue weighted by Crippen LogP contribution is -2.47. The van der Waals surface area contributed by atoms with Gasteiger partial charge in [-0.3, -0.25) is 0 Å². The van der Waals surface area contributed by atoms with Crippen molar-refractivity contribution in [3.63, 3.8) is 0 Å². The monoisotopic (exact) mass is 395 g/mol. The molecule has 1 aliphatic rings. The summed E-state index contributed by atoms with van der Waals surface area (Å²) in [4.78, 5) is 4.20. The Morgan fingerprint density at radius 3 is 2.50 bits per heavy atom. The molecule has 1 saturated heterocycles. The molecule has 1 unspecified atom stereocenters. The molecule has 0 spiro atoms. The Morgan fingerprint density at radius 1 is 1.23 bits per heavy atom. The normalized spacial score (nSPS) is 20.5. The average Bonchev–Trinajstić information content (AvgIpc) is 3.04. The number of benzene rings is 1. The van der Waals surface area contributed by atoms with Crippen molar-refractivity contribution in [3.05, 3.63) is 53.2 Å². The highest BCUT2D eigenvalue weighted by Crippen LogP contribution is 2.31. The van der Waals surface area contributed by atoms with Gasteiger partial charge < -0.3 is 10.1 Å². The van der Waals surface area contributed by atoms with Crippen molar-refractivity contribution < 1.29 is 13.2 Å². The molecular formula is C18H22ClN3O3S. The summed E-state index contributed by atoms with van der Waals surface area (Å²) in [6.45, 7) is 5.01. The zero-order chi connectivity index (χ0) is 18.8. The van der Waals surface area contributed by atoms with Crippen LogP contribution in [-0.4, -0.2) is 32.6 Å². The topological polar surface area (TPSA) is 80.3 Å². The molecule has 1 aliphatic heterocycles. The summed E-state index contributed by atoms with van der Waals surface area (Å²) < 4.78 is 34.2. The van der Waals surface area contributed by atoms with Gasteiger partial charge >= 0.3 is 0 Å². The average molecular weight is 396 g/mol. The zero-order valence-corrected chi connectivity index (χ0v) is 16.3. The Morgan fingerprint density at radius 2 is 1.96 bits per heavy atom. The molecule has 6 nitrogen and oxygen atoms in total. The van der Waals surface area contributed by atoms with Crippen molar-refractivity contribution in [3.8, 4) is 5.88 Å². The van der Waals surface area contributed by atoms with Crippen LogP contribution in [0.4, 0.5) is 0 Å². The fourth-order valence-corrected chi connectivity index (χ4v) is 4.50. The summed E-state index contributed by atoms with van der Waals surface area (Å²) in [5.74, 6) is 0.397. The first-order valence-electron chi connectivity index (χ1n) is 8.44. The maximum absolute atomic E-state index is 12.9. The van der Waals surface area contributed by atoms with Gasteiger partial charge in [-0.05, 0) is 50.6 Å². The van der Waals surface area contributed by atoms with Crippen LogP contribution >= 0.6 is 11.6 Å². The van der Waals surface area contributed by atoms with Crippen LogP contribution in [0.3, 0.4) is 0 Å². The third-order valence-corrected chi connectivity index (χ3v) is 6.03. The number of sulfonamides is 1. The number of hydrogen-bond acceptors (Lipinski definition) is 5. The number of hydrogen-bond donors (Lipinski definition) is 2. The lowest BCUT2D eigenvalue weighted by Gasteiger charge is -2.30. The molecule has 0 radical (unpaired) electrons. The molecule has 8 heteroatoms. The van der Waals surface area contributed by atoms with E-state index in [-0.39, 0.29) is 11.0 Å². The van der Waals surface area contributed by atoms with Crippen molar-refractivity contribution in [2.24, 2.45) is 0 Å². The molecule has 1 aromatic carbocycles. The highest BCUT2D eigenvalue weighted by Gasteiger charge is 2.39. The van der Waals surface area contributed by atoms with Crippen molar-refractivity contribution >= 4 is 21.6 Å². The predicted molar refractivity (Wildman–Crippen MR) is 101 cm³/mol. The van der Waals surface area contributed by atoms with E-state index in [0.717, 1.165) is 12.1 Å². The summed E-state index contributed by atoms with van der Waals surface area (Å²) >= 11 is 5.97. The van der Waals surface area contributed by atoms with Crippen LogP contribution in [0.5, 0.6) is 5.88 Å². The van der Waals surface area contributed by atoms with Gasteiger partial charge in [-0.25, -0.2) is 13.4 Å². The summed E-state index contributed by atoms with van der Waals surface area (Å²) in [6, 6.07) is 10.3. The molecule has 0 bridgehead atoms. The molecule has 2 heterocycles. The van der Waals surface area contributed by atoms with Gasteiger partial charge in [0.25, 0.3) is 0 Å². The molecule has 1 aromatic heterocycles. The summed E-state index contributed by atoms with van der Waals surface area (Å²) in [7, 11) is -3.75. The van der Waals surface area contributed by atoms with Gasteiger partial charge in [0, 0.05) is 17.6 Å². The molecule has 2 N–H and O–H groups in total. The highest BCUT2D eigenvalue weighted by molar-refractivity contribution is 7.89. The molecule has 0 saturated carbocycles. The Bertz CT molecular complexity index is 846. The molecule has 1 fully saturated rings. The minimum absolute atomic E-state index is 0.0270. The first-order valence-corrected chi connectivity index (χ1v) is 10.3. The van der Waals surface area contributed by atoms with E-state index in [2.05, 4.69) is 15.0 Å². The third-order valence-electron chi connectivity index (χ3n) is 4.26. The first kappa shape index (κ1) is 19.1. The van der Waals surface area contributed by atoms with E-state index < -0.39 is 15.6 Å². The van der Waals surface area contributed by atoms with Crippen molar-refractivity contribution in [1.82, 2.24) is 15.0 Å². The minimum atomic E-state index is -3.75. The molecule has 26 heavy (non-hydrogen) atoms.